The number of nitrogens with one attached hydrogen (secondary N) is 1. The second-order valence-electron chi connectivity index (χ2n) is 5.14. The molecule has 0 bridgehead atoms. The van der Waals surface area contributed by atoms with E-state index in [0.717, 1.165) is 23.5 Å². The number of halogens is 1. The van der Waals surface area contributed by atoms with E-state index in [4.69, 9.17) is 9.84 Å². The summed E-state index contributed by atoms with van der Waals surface area (Å²) < 4.78 is 18.5. The molecule has 21 heavy (non-hydrogen) atoms. The maximum Gasteiger partial charge on any atom is 0.224 e. The number of aliphatic hydroxyl groups is 1. The predicted octanol–water partition coefficient (Wildman–Crippen LogP) is 1.37. The van der Waals surface area contributed by atoms with E-state index in [1.807, 2.05) is 0 Å². The Kier molecular flexibility index (Phi) is 6.02. The summed E-state index contributed by atoms with van der Waals surface area (Å²) in [6.45, 7) is 0.713. The van der Waals surface area contributed by atoms with Crippen molar-refractivity contribution in [2.45, 2.75) is 18.4 Å². The average molecular weight is 313 g/mol. The Morgan fingerprint density at radius 3 is 2.81 bits per heavy atom. The SMILES string of the molecule is O=C(Cc1ccc(F)cc1)NCC1(OCCO)CCSC1. The zero-order chi connectivity index (χ0) is 15.1. The number of thioether (sulfide) groups is 1. The van der Waals surface area contributed by atoms with Gasteiger partial charge in [-0.25, -0.2) is 4.39 Å². The molecular formula is C15H20FNO3S. The number of hydrogen-bond donors (Lipinski definition) is 2. The zero-order valence-corrected chi connectivity index (χ0v) is 12.6. The van der Waals surface area contributed by atoms with Crippen molar-refractivity contribution in [2.75, 3.05) is 31.3 Å². The highest BCUT2D eigenvalue weighted by Gasteiger charge is 2.35. The summed E-state index contributed by atoms with van der Waals surface area (Å²) in [5, 5.41) is 11.8. The summed E-state index contributed by atoms with van der Waals surface area (Å²) in [7, 11) is 0. The van der Waals surface area contributed by atoms with Gasteiger partial charge in [-0.3, -0.25) is 4.79 Å². The first-order valence-corrected chi connectivity index (χ1v) is 8.13. The molecule has 1 aliphatic heterocycles. The molecule has 0 saturated carbocycles. The first-order chi connectivity index (χ1) is 10.1. The lowest BCUT2D eigenvalue weighted by Gasteiger charge is -2.28. The van der Waals surface area contributed by atoms with E-state index in [2.05, 4.69) is 5.32 Å². The molecule has 0 aromatic heterocycles. The van der Waals surface area contributed by atoms with Crippen LogP contribution < -0.4 is 5.32 Å². The van der Waals surface area contributed by atoms with E-state index in [0.29, 0.717) is 6.54 Å². The van der Waals surface area contributed by atoms with Gasteiger partial charge in [-0.2, -0.15) is 11.8 Å². The van der Waals surface area contributed by atoms with Crippen molar-refractivity contribution < 1.29 is 19.0 Å². The smallest absolute Gasteiger partial charge is 0.224 e. The molecule has 1 saturated heterocycles. The number of aliphatic hydroxyl groups excluding tert-OH is 1. The van der Waals surface area contributed by atoms with Crippen molar-refractivity contribution in [3.8, 4) is 0 Å². The first kappa shape index (κ1) is 16.3. The van der Waals surface area contributed by atoms with Crippen LogP contribution in [0.25, 0.3) is 0 Å². The number of hydrogen-bond acceptors (Lipinski definition) is 4. The van der Waals surface area contributed by atoms with Gasteiger partial charge in [0, 0.05) is 12.3 Å². The molecule has 2 N–H and O–H groups in total. The molecule has 0 aliphatic carbocycles. The van der Waals surface area contributed by atoms with E-state index >= 15 is 0 Å². The van der Waals surface area contributed by atoms with Gasteiger partial charge >= 0.3 is 0 Å². The molecule has 1 fully saturated rings. The second-order valence-corrected chi connectivity index (χ2v) is 6.24. The van der Waals surface area contributed by atoms with Gasteiger partial charge in [-0.1, -0.05) is 12.1 Å². The molecule has 0 spiro atoms. The molecule has 1 aromatic rings. The summed E-state index contributed by atoms with van der Waals surface area (Å²) in [6, 6.07) is 5.92. The Morgan fingerprint density at radius 1 is 1.43 bits per heavy atom. The van der Waals surface area contributed by atoms with E-state index in [9.17, 15) is 9.18 Å². The van der Waals surface area contributed by atoms with Gasteiger partial charge in [-0.05, 0) is 29.9 Å². The van der Waals surface area contributed by atoms with Crippen LogP contribution in [0, 0.1) is 5.82 Å². The molecule has 1 aromatic carbocycles. The zero-order valence-electron chi connectivity index (χ0n) is 11.8. The molecule has 4 nitrogen and oxygen atoms in total. The van der Waals surface area contributed by atoms with Gasteiger partial charge in [0.15, 0.2) is 0 Å². The monoisotopic (exact) mass is 313 g/mol. The highest BCUT2D eigenvalue weighted by Crippen LogP contribution is 2.30. The lowest BCUT2D eigenvalue weighted by atomic mass is 10.0. The summed E-state index contributed by atoms with van der Waals surface area (Å²) in [4.78, 5) is 12.0. The minimum Gasteiger partial charge on any atom is -0.394 e. The summed E-state index contributed by atoms with van der Waals surface area (Å²) in [6.07, 6.45) is 1.10. The molecule has 2 rings (SSSR count). The minimum atomic E-state index is -0.369. The fraction of sp³-hybridized carbons (Fsp3) is 0.533. The summed E-state index contributed by atoms with van der Waals surface area (Å²) in [5.74, 6) is 1.41. The molecule has 1 unspecified atom stereocenters. The average Bonchev–Trinajstić information content (AvgIpc) is 2.95. The number of ether oxygens (including phenoxy) is 1. The maximum atomic E-state index is 12.8. The number of amides is 1. The largest absolute Gasteiger partial charge is 0.394 e. The summed E-state index contributed by atoms with van der Waals surface area (Å²) in [5.41, 5.74) is 0.409. The van der Waals surface area contributed by atoms with Crippen LogP contribution in [0.2, 0.25) is 0 Å². The molecular weight excluding hydrogens is 293 g/mol. The lowest BCUT2D eigenvalue weighted by Crippen LogP contribution is -2.46. The van der Waals surface area contributed by atoms with Crippen LogP contribution >= 0.6 is 11.8 Å². The Balaban J connectivity index is 1.82. The number of rotatable bonds is 7. The van der Waals surface area contributed by atoms with Crippen molar-refractivity contribution in [2.24, 2.45) is 0 Å². The molecule has 1 heterocycles. The van der Waals surface area contributed by atoms with E-state index in [1.165, 1.54) is 12.1 Å². The van der Waals surface area contributed by atoms with E-state index < -0.39 is 0 Å². The second kappa shape index (κ2) is 7.77. The van der Waals surface area contributed by atoms with Crippen LogP contribution in [0.3, 0.4) is 0 Å². The molecule has 1 aliphatic rings. The van der Waals surface area contributed by atoms with Crippen LogP contribution in [0.1, 0.15) is 12.0 Å². The maximum absolute atomic E-state index is 12.8. The van der Waals surface area contributed by atoms with E-state index in [1.54, 1.807) is 23.9 Å². The van der Waals surface area contributed by atoms with Gasteiger partial charge in [-0.15, -0.1) is 0 Å². The minimum absolute atomic E-state index is 0.0179. The van der Waals surface area contributed by atoms with Crippen molar-refractivity contribution in [3.05, 3.63) is 35.6 Å². The molecule has 0 radical (unpaired) electrons. The van der Waals surface area contributed by atoms with E-state index in [-0.39, 0.29) is 37.0 Å². The highest BCUT2D eigenvalue weighted by atomic mass is 32.2. The van der Waals surface area contributed by atoms with Crippen LogP contribution in [-0.4, -0.2) is 47.9 Å². The fourth-order valence-corrected chi connectivity index (χ4v) is 3.63. The third kappa shape index (κ3) is 4.98. The predicted molar refractivity (Wildman–Crippen MR) is 80.8 cm³/mol. The van der Waals surface area contributed by atoms with Crippen LogP contribution in [-0.2, 0) is 16.0 Å². The van der Waals surface area contributed by atoms with Gasteiger partial charge in [0.25, 0.3) is 0 Å². The standard InChI is InChI=1S/C15H20FNO3S/c16-13-3-1-12(2-4-13)9-14(19)17-10-15(20-7-6-18)5-8-21-11-15/h1-4,18H,5-11H2,(H,17,19). The van der Waals surface area contributed by atoms with Crippen LogP contribution in [0.5, 0.6) is 0 Å². The highest BCUT2D eigenvalue weighted by molar-refractivity contribution is 7.99. The van der Waals surface area contributed by atoms with Crippen molar-refractivity contribution in [1.82, 2.24) is 5.32 Å². The Morgan fingerprint density at radius 2 is 2.19 bits per heavy atom. The Bertz CT molecular complexity index is 460. The number of benzene rings is 1. The third-order valence-corrected chi connectivity index (χ3v) is 4.68. The topological polar surface area (TPSA) is 58.6 Å². The third-order valence-electron chi connectivity index (χ3n) is 3.45. The number of carbonyl (C=O) groups is 1. The van der Waals surface area contributed by atoms with Crippen molar-refractivity contribution in [3.63, 3.8) is 0 Å². The lowest BCUT2D eigenvalue weighted by molar-refractivity contribution is -0.122. The molecule has 1 atom stereocenters. The molecule has 6 heteroatoms. The molecule has 1 amide bonds. The van der Waals surface area contributed by atoms with Crippen LogP contribution in [0.15, 0.2) is 24.3 Å². The Labute approximate surface area is 128 Å². The normalized spacial score (nSPS) is 21.4. The van der Waals surface area contributed by atoms with Crippen molar-refractivity contribution in [1.29, 1.82) is 0 Å². The van der Waals surface area contributed by atoms with Gasteiger partial charge in [0.05, 0.1) is 25.2 Å². The fourth-order valence-electron chi connectivity index (χ4n) is 2.26. The van der Waals surface area contributed by atoms with Gasteiger partial charge in [0.1, 0.15) is 5.82 Å². The molecule has 116 valence electrons. The number of carbonyl (C=O) groups excluding carboxylic acids is 1. The van der Waals surface area contributed by atoms with Crippen molar-refractivity contribution >= 4 is 17.7 Å². The van der Waals surface area contributed by atoms with Gasteiger partial charge in [0.2, 0.25) is 5.91 Å². The van der Waals surface area contributed by atoms with Crippen LogP contribution in [0.4, 0.5) is 4.39 Å². The summed E-state index contributed by atoms with van der Waals surface area (Å²) >= 11 is 1.79. The van der Waals surface area contributed by atoms with Gasteiger partial charge < -0.3 is 15.2 Å². The Hall–Kier alpha value is -1.11. The quantitative estimate of drug-likeness (QED) is 0.798. The first-order valence-electron chi connectivity index (χ1n) is 6.97.